The standard InChI is InChI=1S/C21H33N3O3/c1-17-5-4-8-24(14-17)21(25)16-23-11-9-22(10-12-23)15-18-13-19(26-2)6-7-20(18)27-3/h6-7,13,17H,4-5,8-12,14-16H2,1-3H3. The van der Waals surface area contributed by atoms with Gasteiger partial charge in [-0.25, -0.2) is 0 Å². The third-order valence-corrected chi connectivity index (χ3v) is 5.72. The Labute approximate surface area is 163 Å². The molecule has 0 bridgehead atoms. The molecule has 6 nitrogen and oxygen atoms in total. The molecule has 0 aliphatic carbocycles. The normalized spacial score (nSPS) is 21.9. The van der Waals surface area contributed by atoms with Crippen LogP contribution in [0.3, 0.4) is 0 Å². The molecule has 2 aliphatic heterocycles. The number of likely N-dealkylation sites (tertiary alicyclic amines) is 1. The lowest BCUT2D eigenvalue weighted by molar-refractivity contribution is -0.134. The summed E-state index contributed by atoms with van der Waals surface area (Å²) in [7, 11) is 3.39. The van der Waals surface area contributed by atoms with Gasteiger partial charge in [0.1, 0.15) is 11.5 Å². The number of rotatable bonds is 6. The lowest BCUT2D eigenvalue weighted by atomic mass is 10.0. The van der Waals surface area contributed by atoms with E-state index in [-0.39, 0.29) is 0 Å². The van der Waals surface area contributed by atoms with E-state index in [0.717, 1.165) is 69.3 Å². The molecule has 0 N–H and O–H groups in total. The summed E-state index contributed by atoms with van der Waals surface area (Å²) in [5, 5.41) is 0. The van der Waals surface area contributed by atoms with Gasteiger partial charge in [-0.15, -0.1) is 0 Å². The molecule has 1 amide bonds. The van der Waals surface area contributed by atoms with Crippen LogP contribution in [0.5, 0.6) is 11.5 Å². The Kier molecular flexibility index (Phi) is 6.96. The van der Waals surface area contributed by atoms with Gasteiger partial charge in [-0.05, 0) is 37.0 Å². The number of ether oxygens (including phenoxy) is 2. The Balaban J connectivity index is 1.48. The number of hydrogen-bond acceptors (Lipinski definition) is 5. The topological polar surface area (TPSA) is 45.3 Å². The summed E-state index contributed by atoms with van der Waals surface area (Å²) in [4.78, 5) is 19.3. The first kappa shape index (κ1) is 20.0. The fourth-order valence-electron chi connectivity index (χ4n) is 4.06. The monoisotopic (exact) mass is 375 g/mol. The molecule has 27 heavy (non-hydrogen) atoms. The molecule has 150 valence electrons. The molecule has 1 unspecified atom stereocenters. The molecule has 0 aromatic heterocycles. The third-order valence-electron chi connectivity index (χ3n) is 5.72. The van der Waals surface area contributed by atoms with Crippen LogP contribution in [0.15, 0.2) is 18.2 Å². The van der Waals surface area contributed by atoms with Gasteiger partial charge in [-0.3, -0.25) is 14.6 Å². The summed E-state index contributed by atoms with van der Waals surface area (Å²) in [6.07, 6.45) is 2.39. The second kappa shape index (κ2) is 9.42. The van der Waals surface area contributed by atoms with Crippen molar-refractivity contribution >= 4 is 5.91 Å². The zero-order valence-corrected chi connectivity index (χ0v) is 16.9. The van der Waals surface area contributed by atoms with Gasteiger partial charge in [0.15, 0.2) is 0 Å². The van der Waals surface area contributed by atoms with Crippen LogP contribution in [0, 0.1) is 5.92 Å². The van der Waals surface area contributed by atoms with Gasteiger partial charge >= 0.3 is 0 Å². The van der Waals surface area contributed by atoms with E-state index in [0.29, 0.717) is 18.4 Å². The molecule has 2 saturated heterocycles. The van der Waals surface area contributed by atoms with Crippen molar-refractivity contribution in [2.75, 3.05) is 60.0 Å². The SMILES string of the molecule is COc1ccc(OC)c(CN2CCN(CC(=O)N3CCCC(C)C3)CC2)c1. The number of carbonyl (C=O) groups is 1. The number of amides is 1. The number of methoxy groups -OCH3 is 2. The summed E-state index contributed by atoms with van der Waals surface area (Å²) in [6, 6.07) is 5.93. The van der Waals surface area contributed by atoms with Gasteiger partial charge in [0, 0.05) is 51.4 Å². The van der Waals surface area contributed by atoms with Crippen molar-refractivity contribution in [2.24, 2.45) is 5.92 Å². The van der Waals surface area contributed by atoms with Gasteiger partial charge in [0.25, 0.3) is 0 Å². The minimum Gasteiger partial charge on any atom is -0.497 e. The van der Waals surface area contributed by atoms with Crippen LogP contribution in [0.25, 0.3) is 0 Å². The summed E-state index contributed by atoms with van der Waals surface area (Å²) in [6.45, 7) is 9.28. The zero-order valence-electron chi connectivity index (χ0n) is 16.9. The number of nitrogens with zero attached hydrogens (tertiary/aromatic N) is 3. The summed E-state index contributed by atoms with van der Waals surface area (Å²) >= 11 is 0. The molecule has 1 aromatic rings. The number of piperazine rings is 1. The average Bonchev–Trinajstić information content (AvgIpc) is 2.69. The van der Waals surface area contributed by atoms with E-state index >= 15 is 0 Å². The van der Waals surface area contributed by atoms with Gasteiger partial charge in [0.05, 0.1) is 20.8 Å². The molecular weight excluding hydrogens is 342 g/mol. The molecule has 0 radical (unpaired) electrons. The highest BCUT2D eigenvalue weighted by Crippen LogP contribution is 2.25. The van der Waals surface area contributed by atoms with Crippen LogP contribution in [0.1, 0.15) is 25.3 Å². The number of carbonyl (C=O) groups excluding carboxylic acids is 1. The third kappa shape index (κ3) is 5.36. The van der Waals surface area contributed by atoms with E-state index in [2.05, 4.69) is 21.6 Å². The van der Waals surface area contributed by atoms with E-state index in [4.69, 9.17) is 9.47 Å². The van der Waals surface area contributed by atoms with Crippen LogP contribution in [-0.4, -0.2) is 80.6 Å². The van der Waals surface area contributed by atoms with Crippen LogP contribution < -0.4 is 9.47 Å². The highest BCUT2D eigenvalue weighted by molar-refractivity contribution is 5.78. The minimum absolute atomic E-state index is 0.296. The Morgan fingerprint density at radius 1 is 1.07 bits per heavy atom. The molecule has 2 fully saturated rings. The number of piperidine rings is 1. The zero-order chi connectivity index (χ0) is 19.2. The molecule has 0 saturated carbocycles. The van der Waals surface area contributed by atoms with Crippen molar-refractivity contribution in [3.63, 3.8) is 0 Å². The maximum atomic E-state index is 12.6. The lowest BCUT2D eigenvalue weighted by Crippen LogP contribution is -2.50. The predicted octanol–water partition coefficient (Wildman–Crippen LogP) is 2.08. The van der Waals surface area contributed by atoms with E-state index in [9.17, 15) is 4.79 Å². The van der Waals surface area contributed by atoms with Gasteiger partial charge in [0.2, 0.25) is 5.91 Å². The average molecular weight is 376 g/mol. The molecule has 2 aliphatic rings. The Morgan fingerprint density at radius 3 is 2.48 bits per heavy atom. The first-order valence-corrected chi connectivity index (χ1v) is 10.0. The Morgan fingerprint density at radius 2 is 1.81 bits per heavy atom. The first-order chi connectivity index (χ1) is 13.1. The fourth-order valence-corrected chi connectivity index (χ4v) is 4.06. The van der Waals surface area contributed by atoms with E-state index in [1.54, 1.807) is 14.2 Å². The van der Waals surface area contributed by atoms with Gasteiger partial charge < -0.3 is 14.4 Å². The Bertz CT molecular complexity index is 629. The van der Waals surface area contributed by atoms with E-state index in [1.165, 1.54) is 6.42 Å². The van der Waals surface area contributed by atoms with E-state index in [1.807, 2.05) is 18.2 Å². The lowest BCUT2D eigenvalue weighted by Gasteiger charge is -2.37. The predicted molar refractivity (Wildman–Crippen MR) is 106 cm³/mol. The number of hydrogen-bond donors (Lipinski definition) is 0. The Hall–Kier alpha value is -1.79. The minimum atomic E-state index is 0.296. The van der Waals surface area contributed by atoms with Crippen LogP contribution in [0.2, 0.25) is 0 Å². The molecule has 3 rings (SSSR count). The van der Waals surface area contributed by atoms with Gasteiger partial charge in [-0.1, -0.05) is 6.92 Å². The van der Waals surface area contributed by atoms with Crippen molar-refractivity contribution in [1.82, 2.24) is 14.7 Å². The quantitative estimate of drug-likeness (QED) is 0.762. The maximum absolute atomic E-state index is 12.6. The summed E-state index contributed by atoms with van der Waals surface area (Å²) in [5.74, 6) is 2.68. The molecule has 1 aromatic carbocycles. The number of benzene rings is 1. The second-order valence-corrected chi connectivity index (χ2v) is 7.82. The molecule has 2 heterocycles. The summed E-state index contributed by atoms with van der Waals surface area (Å²) in [5.41, 5.74) is 1.14. The highest BCUT2D eigenvalue weighted by Gasteiger charge is 2.25. The molecule has 1 atom stereocenters. The molecule has 6 heteroatoms. The van der Waals surface area contributed by atoms with Crippen molar-refractivity contribution in [1.29, 1.82) is 0 Å². The fraction of sp³-hybridized carbons (Fsp3) is 0.667. The van der Waals surface area contributed by atoms with Crippen LogP contribution in [0.4, 0.5) is 0 Å². The van der Waals surface area contributed by atoms with Crippen molar-refractivity contribution in [3.8, 4) is 11.5 Å². The van der Waals surface area contributed by atoms with E-state index < -0.39 is 0 Å². The molecule has 0 spiro atoms. The first-order valence-electron chi connectivity index (χ1n) is 10.0. The van der Waals surface area contributed by atoms with Gasteiger partial charge in [-0.2, -0.15) is 0 Å². The van der Waals surface area contributed by atoms with Crippen LogP contribution in [-0.2, 0) is 11.3 Å². The van der Waals surface area contributed by atoms with Crippen molar-refractivity contribution < 1.29 is 14.3 Å². The van der Waals surface area contributed by atoms with Crippen LogP contribution >= 0.6 is 0 Å². The second-order valence-electron chi connectivity index (χ2n) is 7.82. The van der Waals surface area contributed by atoms with Crippen molar-refractivity contribution in [2.45, 2.75) is 26.3 Å². The summed E-state index contributed by atoms with van der Waals surface area (Å²) < 4.78 is 10.8. The smallest absolute Gasteiger partial charge is 0.236 e. The highest BCUT2D eigenvalue weighted by atomic mass is 16.5. The van der Waals surface area contributed by atoms with Crippen molar-refractivity contribution in [3.05, 3.63) is 23.8 Å². The maximum Gasteiger partial charge on any atom is 0.236 e. The molecular formula is C21H33N3O3. The largest absolute Gasteiger partial charge is 0.497 e.